The van der Waals surface area contributed by atoms with Crippen LogP contribution < -0.4 is 4.74 Å². The van der Waals surface area contributed by atoms with E-state index in [0.717, 1.165) is 41.5 Å². The number of ether oxygens (including phenoxy) is 1. The molecule has 0 saturated heterocycles. The van der Waals surface area contributed by atoms with E-state index >= 15 is 0 Å². The fraction of sp³-hybridized carbons (Fsp3) is 0.385. The number of nitrogens with zero attached hydrogens (tertiary/aromatic N) is 3. The molecule has 1 aliphatic heterocycles. The van der Waals surface area contributed by atoms with Crippen molar-refractivity contribution in [3.63, 3.8) is 0 Å². The maximum atomic E-state index is 5.78. The number of hydrogen-bond donors (Lipinski definition) is 1. The Morgan fingerprint density at radius 2 is 2.37 bits per heavy atom. The van der Waals surface area contributed by atoms with E-state index in [1.165, 1.54) is 5.56 Å². The summed E-state index contributed by atoms with van der Waals surface area (Å²) < 4.78 is 6.83. The highest BCUT2D eigenvalue weighted by Crippen LogP contribution is 2.27. The number of aryl methyl sites for hydroxylation is 1. The zero-order valence-corrected chi connectivity index (χ0v) is 12.3. The second-order valence-corrected chi connectivity index (χ2v) is 5.56. The molecule has 0 radical (unpaired) electrons. The first kappa shape index (κ1) is 12.6. The molecule has 100 valence electrons. The summed E-state index contributed by atoms with van der Waals surface area (Å²) in [7, 11) is 0. The van der Waals surface area contributed by atoms with Gasteiger partial charge >= 0.3 is 0 Å². The minimum atomic E-state index is 0.687. The summed E-state index contributed by atoms with van der Waals surface area (Å²) in [6.07, 6.45) is 0. The lowest BCUT2D eigenvalue weighted by Crippen LogP contribution is -2.25. The van der Waals surface area contributed by atoms with Gasteiger partial charge in [0.1, 0.15) is 18.2 Å². The molecule has 1 aliphatic rings. The predicted molar refractivity (Wildman–Crippen MR) is 74.9 cm³/mol. The number of H-pyrrole nitrogens is 1. The Kier molecular flexibility index (Phi) is 3.52. The first-order valence-electron chi connectivity index (χ1n) is 6.22. The molecule has 0 atom stereocenters. The fourth-order valence-electron chi connectivity index (χ4n) is 2.19. The van der Waals surface area contributed by atoms with E-state index < -0.39 is 0 Å². The molecule has 1 N–H and O–H groups in total. The van der Waals surface area contributed by atoms with Crippen molar-refractivity contribution < 1.29 is 4.74 Å². The second-order valence-electron chi connectivity index (χ2n) is 4.65. The van der Waals surface area contributed by atoms with Crippen LogP contribution in [-0.2, 0) is 13.1 Å². The van der Waals surface area contributed by atoms with Crippen LogP contribution in [0.25, 0.3) is 0 Å². The van der Waals surface area contributed by atoms with Gasteiger partial charge in [-0.05, 0) is 19.1 Å². The smallest absolute Gasteiger partial charge is 0.164 e. The molecule has 2 aromatic rings. The Balaban J connectivity index is 1.76. The average molecular weight is 323 g/mol. The molecule has 19 heavy (non-hydrogen) atoms. The number of nitrogens with one attached hydrogen (secondary N) is 1. The molecule has 2 heterocycles. The van der Waals surface area contributed by atoms with Gasteiger partial charge in [-0.2, -0.15) is 5.10 Å². The molecule has 0 saturated carbocycles. The van der Waals surface area contributed by atoms with Gasteiger partial charge in [0.05, 0.1) is 6.54 Å². The van der Waals surface area contributed by atoms with Crippen LogP contribution >= 0.6 is 15.9 Å². The molecule has 1 aromatic heterocycles. The third-order valence-corrected chi connectivity index (χ3v) is 3.59. The molecule has 0 unspecified atom stereocenters. The largest absolute Gasteiger partial charge is 0.492 e. The van der Waals surface area contributed by atoms with E-state index in [-0.39, 0.29) is 0 Å². The Labute approximate surface area is 120 Å². The van der Waals surface area contributed by atoms with Gasteiger partial charge < -0.3 is 4.74 Å². The molecule has 0 bridgehead atoms. The maximum absolute atomic E-state index is 5.78. The summed E-state index contributed by atoms with van der Waals surface area (Å²) >= 11 is 3.47. The Morgan fingerprint density at radius 1 is 1.47 bits per heavy atom. The second kappa shape index (κ2) is 5.30. The minimum absolute atomic E-state index is 0.687. The van der Waals surface area contributed by atoms with E-state index in [1.807, 2.05) is 19.1 Å². The van der Waals surface area contributed by atoms with Gasteiger partial charge in [-0.1, -0.05) is 22.0 Å². The topological polar surface area (TPSA) is 54.0 Å². The SMILES string of the molecule is Cc1nc(CN2CCOc3cc(Br)ccc3C2)n[nH]1. The number of fused-ring (bicyclic) bond motifs is 1. The van der Waals surface area contributed by atoms with Crippen molar-refractivity contribution in [1.29, 1.82) is 0 Å². The first-order valence-corrected chi connectivity index (χ1v) is 7.01. The average Bonchev–Trinajstić information content (AvgIpc) is 2.67. The van der Waals surface area contributed by atoms with Gasteiger partial charge in [0.2, 0.25) is 0 Å². The van der Waals surface area contributed by atoms with Gasteiger partial charge in [-0.25, -0.2) is 4.98 Å². The van der Waals surface area contributed by atoms with Crippen molar-refractivity contribution in [3.8, 4) is 5.75 Å². The van der Waals surface area contributed by atoms with Crippen LogP contribution in [0.15, 0.2) is 22.7 Å². The van der Waals surface area contributed by atoms with E-state index in [9.17, 15) is 0 Å². The lowest BCUT2D eigenvalue weighted by molar-refractivity contribution is 0.216. The molecule has 3 rings (SSSR count). The number of benzene rings is 1. The predicted octanol–water partition coefficient (Wildman–Crippen LogP) is 2.27. The van der Waals surface area contributed by atoms with Crippen molar-refractivity contribution >= 4 is 15.9 Å². The minimum Gasteiger partial charge on any atom is -0.492 e. The van der Waals surface area contributed by atoms with Crippen LogP contribution in [0.2, 0.25) is 0 Å². The van der Waals surface area contributed by atoms with Crippen molar-refractivity contribution in [2.45, 2.75) is 20.0 Å². The molecule has 0 spiro atoms. The Bertz CT molecular complexity index is 584. The quantitative estimate of drug-likeness (QED) is 0.921. The van der Waals surface area contributed by atoms with E-state index in [2.05, 4.69) is 42.1 Å². The van der Waals surface area contributed by atoms with E-state index in [4.69, 9.17) is 4.74 Å². The monoisotopic (exact) mass is 322 g/mol. The third-order valence-electron chi connectivity index (χ3n) is 3.10. The lowest BCUT2D eigenvalue weighted by atomic mass is 10.2. The van der Waals surface area contributed by atoms with Crippen LogP contribution in [0.4, 0.5) is 0 Å². The molecule has 1 aromatic carbocycles. The molecule has 6 heteroatoms. The molecule has 0 amide bonds. The Hall–Kier alpha value is -1.40. The molecule has 5 nitrogen and oxygen atoms in total. The van der Waals surface area contributed by atoms with Crippen molar-refractivity contribution in [2.75, 3.05) is 13.2 Å². The summed E-state index contributed by atoms with van der Waals surface area (Å²) in [5, 5.41) is 7.06. The highest BCUT2D eigenvalue weighted by atomic mass is 79.9. The standard InChI is InChI=1S/C13H15BrN4O/c1-9-15-13(17-16-9)8-18-4-5-19-12-6-11(14)3-2-10(12)7-18/h2-3,6H,4-5,7-8H2,1H3,(H,15,16,17). The molecular weight excluding hydrogens is 308 g/mol. The number of halogens is 1. The molecule has 0 fully saturated rings. The highest BCUT2D eigenvalue weighted by molar-refractivity contribution is 9.10. The fourth-order valence-corrected chi connectivity index (χ4v) is 2.53. The highest BCUT2D eigenvalue weighted by Gasteiger charge is 2.17. The lowest BCUT2D eigenvalue weighted by Gasteiger charge is -2.17. The van der Waals surface area contributed by atoms with Gasteiger partial charge in [-0.3, -0.25) is 10.00 Å². The molecular formula is C13H15BrN4O. The summed E-state index contributed by atoms with van der Waals surface area (Å²) in [5.74, 6) is 2.64. The summed E-state index contributed by atoms with van der Waals surface area (Å²) in [5.41, 5.74) is 1.20. The van der Waals surface area contributed by atoms with E-state index in [0.29, 0.717) is 6.61 Å². The van der Waals surface area contributed by atoms with Gasteiger partial charge in [-0.15, -0.1) is 0 Å². The number of rotatable bonds is 2. The normalized spacial score (nSPS) is 15.7. The van der Waals surface area contributed by atoms with Gasteiger partial charge in [0.25, 0.3) is 0 Å². The summed E-state index contributed by atoms with van der Waals surface area (Å²) in [6.45, 7) is 5.07. The zero-order chi connectivity index (χ0) is 13.2. The van der Waals surface area contributed by atoms with E-state index in [1.54, 1.807) is 0 Å². The molecule has 0 aliphatic carbocycles. The van der Waals surface area contributed by atoms with Crippen molar-refractivity contribution in [3.05, 3.63) is 39.9 Å². The maximum Gasteiger partial charge on any atom is 0.164 e. The van der Waals surface area contributed by atoms with Gasteiger partial charge in [0, 0.05) is 23.1 Å². The van der Waals surface area contributed by atoms with Crippen LogP contribution in [0.5, 0.6) is 5.75 Å². The van der Waals surface area contributed by atoms with Crippen LogP contribution in [-0.4, -0.2) is 33.2 Å². The number of aromatic nitrogens is 3. The van der Waals surface area contributed by atoms with Crippen LogP contribution in [0.1, 0.15) is 17.2 Å². The van der Waals surface area contributed by atoms with Crippen LogP contribution in [0, 0.1) is 6.92 Å². The number of aromatic amines is 1. The third kappa shape index (κ3) is 2.96. The van der Waals surface area contributed by atoms with Crippen molar-refractivity contribution in [2.24, 2.45) is 0 Å². The Morgan fingerprint density at radius 3 is 3.16 bits per heavy atom. The first-order chi connectivity index (χ1) is 9.20. The summed E-state index contributed by atoms with van der Waals surface area (Å²) in [4.78, 5) is 6.64. The van der Waals surface area contributed by atoms with Crippen molar-refractivity contribution in [1.82, 2.24) is 20.1 Å². The zero-order valence-electron chi connectivity index (χ0n) is 10.7. The number of hydrogen-bond acceptors (Lipinski definition) is 4. The van der Waals surface area contributed by atoms with Crippen LogP contribution in [0.3, 0.4) is 0 Å². The van der Waals surface area contributed by atoms with Gasteiger partial charge in [0.15, 0.2) is 5.82 Å². The summed E-state index contributed by atoms with van der Waals surface area (Å²) in [6, 6.07) is 6.17.